The zero-order chi connectivity index (χ0) is 24.3. The highest BCUT2D eigenvalue weighted by Crippen LogP contribution is 2.25. The molecule has 0 saturated heterocycles. The molecule has 3 rings (SSSR count). The van der Waals surface area contributed by atoms with Crippen molar-refractivity contribution in [2.45, 2.75) is 38.1 Å². The predicted molar refractivity (Wildman–Crippen MR) is 136 cm³/mol. The molecule has 1 aliphatic carbocycles. The Morgan fingerprint density at radius 1 is 1.15 bits per heavy atom. The molecule has 0 atom stereocenters. The van der Waals surface area contributed by atoms with E-state index in [1.807, 2.05) is 18.2 Å². The van der Waals surface area contributed by atoms with Gasteiger partial charge in [0.2, 0.25) is 5.95 Å². The van der Waals surface area contributed by atoms with Gasteiger partial charge in [-0.25, -0.2) is 4.98 Å². The molecule has 10 nitrogen and oxygen atoms in total. The van der Waals surface area contributed by atoms with Crippen LogP contribution < -0.4 is 26.6 Å². The summed E-state index contributed by atoms with van der Waals surface area (Å²) in [5.74, 6) is -0.357. The number of rotatable bonds is 12. The van der Waals surface area contributed by atoms with Crippen molar-refractivity contribution in [2.24, 2.45) is 0 Å². The number of aromatic nitrogens is 2. The summed E-state index contributed by atoms with van der Waals surface area (Å²) in [6, 6.07) is 7.45. The van der Waals surface area contributed by atoms with Crippen LogP contribution in [0, 0.1) is 0 Å². The molecule has 182 valence electrons. The molecule has 1 saturated carbocycles. The van der Waals surface area contributed by atoms with Crippen LogP contribution in [0.1, 0.15) is 42.5 Å². The van der Waals surface area contributed by atoms with E-state index in [-0.39, 0.29) is 24.9 Å². The first-order valence-electron chi connectivity index (χ1n) is 11.1. The Morgan fingerprint density at radius 3 is 2.62 bits per heavy atom. The lowest BCUT2D eigenvalue weighted by molar-refractivity contribution is -0.136. The van der Waals surface area contributed by atoms with Gasteiger partial charge in [0, 0.05) is 31.9 Å². The summed E-state index contributed by atoms with van der Waals surface area (Å²) in [7, 11) is 0. The molecule has 1 heterocycles. The molecular weight excluding hydrogens is 478 g/mol. The third-order valence-corrected chi connectivity index (χ3v) is 5.77. The fourth-order valence-corrected chi connectivity index (χ4v) is 3.47. The van der Waals surface area contributed by atoms with Crippen LogP contribution in [0.2, 0.25) is 5.02 Å². The topological polar surface area (TPSA) is 140 Å². The Hall–Kier alpha value is -3.18. The van der Waals surface area contributed by atoms with Gasteiger partial charge in [-0.1, -0.05) is 23.7 Å². The number of amides is 1. The molecule has 2 aromatic rings. The third kappa shape index (κ3) is 7.99. The number of carbonyl (C=O) groups is 2. The largest absolute Gasteiger partial charge is 0.481 e. The van der Waals surface area contributed by atoms with Crippen molar-refractivity contribution < 1.29 is 14.7 Å². The number of aliphatic carboxylic acids is 1. The highest BCUT2D eigenvalue weighted by molar-refractivity contribution is 7.80. The van der Waals surface area contributed by atoms with E-state index in [0.717, 1.165) is 19.3 Å². The smallest absolute Gasteiger partial charge is 0.305 e. The molecule has 0 spiro atoms. The minimum Gasteiger partial charge on any atom is -0.481 e. The zero-order valence-corrected chi connectivity index (χ0v) is 20.1. The summed E-state index contributed by atoms with van der Waals surface area (Å²) >= 11 is 11.3. The molecule has 6 N–H and O–H groups in total. The fraction of sp³-hybridized carbons (Fsp3) is 0.409. The van der Waals surface area contributed by atoms with Gasteiger partial charge in [0.15, 0.2) is 5.11 Å². The minimum atomic E-state index is -0.884. The van der Waals surface area contributed by atoms with E-state index in [2.05, 4.69) is 36.6 Å². The average molecular weight is 506 g/mol. The van der Waals surface area contributed by atoms with Crippen molar-refractivity contribution in [3.8, 4) is 0 Å². The number of para-hydroxylation sites is 1. The Bertz CT molecular complexity index is 1020. The first-order valence-corrected chi connectivity index (χ1v) is 11.9. The van der Waals surface area contributed by atoms with Gasteiger partial charge in [0.1, 0.15) is 11.4 Å². The summed E-state index contributed by atoms with van der Waals surface area (Å²) in [5, 5.41) is 24.8. The summed E-state index contributed by atoms with van der Waals surface area (Å²) < 4.78 is 0. The lowest BCUT2D eigenvalue weighted by Crippen LogP contribution is -2.40. The number of nitrogens with zero attached hydrogens (tertiary/aromatic N) is 2. The number of hydrogen-bond donors (Lipinski definition) is 6. The highest BCUT2D eigenvalue weighted by Gasteiger charge is 2.22. The van der Waals surface area contributed by atoms with Crippen molar-refractivity contribution in [2.75, 3.05) is 30.3 Å². The molecule has 0 radical (unpaired) electrons. The normalized spacial score (nSPS) is 12.9. The average Bonchev–Trinajstić information content (AvgIpc) is 2.77. The molecule has 1 aromatic heterocycles. The van der Waals surface area contributed by atoms with Gasteiger partial charge in [-0.2, -0.15) is 4.98 Å². The first-order chi connectivity index (χ1) is 16.4. The summed E-state index contributed by atoms with van der Waals surface area (Å²) in [5.41, 5.74) is 1.03. The van der Waals surface area contributed by atoms with Crippen molar-refractivity contribution in [1.29, 1.82) is 0 Å². The van der Waals surface area contributed by atoms with Crippen LogP contribution in [0.3, 0.4) is 0 Å². The molecule has 34 heavy (non-hydrogen) atoms. The van der Waals surface area contributed by atoms with E-state index in [9.17, 15) is 9.59 Å². The Kier molecular flexibility index (Phi) is 9.65. The molecule has 1 fully saturated rings. The van der Waals surface area contributed by atoms with Crippen molar-refractivity contribution >= 4 is 58.3 Å². The monoisotopic (exact) mass is 505 g/mol. The predicted octanol–water partition coefficient (Wildman–Crippen LogP) is 2.90. The molecule has 1 aliphatic rings. The van der Waals surface area contributed by atoms with E-state index in [1.54, 1.807) is 6.07 Å². The Balaban J connectivity index is 1.58. The van der Waals surface area contributed by atoms with E-state index >= 15 is 0 Å². The molecule has 0 unspecified atom stereocenters. The lowest BCUT2D eigenvalue weighted by atomic mass is 9.93. The Morgan fingerprint density at radius 2 is 1.91 bits per heavy atom. The van der Waals surface area contributed by atoms with Crippen LogP contribution in [-0.2, 0) is 4.79 Å². The number of nitrogens with one attached hydrogen (secondary N) is 5. The standard InChI is InChI=1S/C22H28ClN7O3S/c23-16-7-1-2-8-17(16)29-21-27-13-15(20(33)28-14-5-3-6-14)19(30-21)24-10-4-11-25-22(34)26-12-9-18(31)32/h1-2,7-8,13-14H,3-6,9-12H2,(H,28,33)(H,31,32)(H2,25,26,34)(H2,24,27,29,30). The minimum absolute atomic E-state index is 0.00660. The SMILES string of the molecule is O=C(O)CCNC(=S)NCCCNc1nc(Nc2ccccc2Cl)ncc1C(=O)NC1CCC1. The van der Waals surface area contributed by atoms with E-state index in [0.29, 0.717) is 52.7 Å². The number of benzene rings is 1. The zero-order valence-electron chi connectivity index (χ0n) is 18.6. The second-order valence-corrected chi connectivity index (χ2v) is 8.58. The summed E-state index contributed by atoms with van der Waals surface area (Å²) in [6.45, 7) is 1.35. The van der Waals surface area contributed by atoms with Crippen LogP contribution in [0.25, 0.3) is 0 Å². The number of thiocarbonyl (C=S) groups is 1. The number of carboxylic acids is 1. The van der Waals surface area contributed by atoms with Crippen molar-refractivity contribution in [3.05, 3.63) is 41.0 Å². The van der Waals surface area contributed by atoms with E-state index < -0.39 is 5.97 Å². The molecular formula is C22H28ClN7O3S. The molecule has 0 aliphatic heterocycles. The molecule has 1 aromatic carbocycles. The van der Waals surface area contributed by atoms with Gasteiger partial charge in [-0.15, -0.1) is 0 Å². The second-order valence-electron chi connectivity index (χ2n) is 7.77. The quantitative estimate of drug-likeness (QED) is 0.188. The molecule has 12 heteroatoms. The maximum atomic E-state index is 12.8. The number of carboxylic acid groups (broad SMARTS) is 1. The van der Waals surface area contributed by atoms with Crippen molar-refractivity contribution in [3.63, 3.8) is 0 Å². The number of halogens is 1. The van der Waals surface area contributed by atoms with Crippen LogP contribution >= 0.6 is 23.8 Å². The van der Waals surface area contributed by atoms with Gasteiger partial charge in [0.25, 0.3) is 5.91 Å². The lowest BCUT2D eigenvalue weighted by Gasteiger charge is -2.26. The van der Waals surface area contributed by atoms with Gasteiger partial charge < -0.3 is 31.7 Å². The maximum absolute atomic E-state index is 12.8. The summed E-state index contributed by atoms with van der Waals surface area (Å²) in [4.78, 5) is 32.1. The van der Waals surface area contributed by atoms with Gasteiger partial charge in [0.05, 0.1) is 17.1 Å². The van der Waals surface area contributed by atoms with Crippen LogP contribution in [0.15, 0.2) is 30.5 Å². The Labute approximate surface area is 208 Å². The van der Waals surface area contributed by atoms with Gasteiger partial charge in [-0.3, -0.25) is 9.59 Å². The molecule has 0 bridgehead atoms. The first kappa shape index (κ1) is 25.4. The number of hydrogen-bond acceptors (Lipinski definition) is 7. The van der Waals surface area contributed by atoms with Crippen molar-refractivity contribution in [1.82, 2.24) is 25.9 Å². The number of anilines is 3. The molecule has 1 amide bonds. The van der Waals surface area contributed by atoms with Crippen LogP contribution in [0.5, 0.6) is 0 Å². The second kappa shape index (κ2) is 12.9. The van der Waals surface area contributed by atoms with Crippen LogP contribution in [0.4, 0.5) is 17.5 Å². The van der Waals surface area contributed by atoms with Gasteiger partial charge >= 0.3 is 5.97 Å². The van der Waals surface area contributed by atoms with Crippen LogP contribution in [-0.4, -0.2) is 57.7 Å². The van der Waals surface area contributed by atoms with Gasteiger partial charge in [-0.05, 0) is 50.0 Å². The summed E-state index contributed by atoms with van der Waals surface area (Å²) in [6.07, 6.45) is 5.26. The maximum Gasteiger partial charge on any atom is 0.305 e. The fourth-order valence-electron chi connectivity index (χ4n) is 3.08. The number of carbonyl (C=O) groups excluding carboxylic acids is 1. The highest BCUT2D eigenvalue weighted by atomic mass is 35.5. The third-order valence-electron chi connectivity index (χ3n) is 5.15. The van der Waals surface area contributed by atoms with E-state index in [1.165, 1.54) is 6.20 Å². The van der Waals surface area contributed by atoms with E-state index in [4.69, 9.17) is 28.9 Å².